The Hall–Kier alpha value is -1.32. The Morgan fingerprint density at radius 3 is 2.67 bits per heavy atom. The third-order valence-corrected chi connectivity index (χ3v) is 4.57. The van der Waals surface area contributed by atoms with E-state index in [1.807, 2.05) is 7.05 Å². The van der Waals surface area contributed by atoms with Crippen LogP contribution >= 0.6 is 15.9 Å². The van der Waals surface area contributed by atoms with Crippen LogP contribution in [0.4, 0.5) is 0 Å². The van der Waals surface area contributed by atoms with Gasteiger partial charge in [-0.2, -0.15) is 0 Å². The van der Waals surface area contributed by atoms with Crippen molar-refractivity contribution in [3.63, 3.8) is 0 Å². The van der Waals surface area contributed by atoms with Crippen molar-refractivity contribution in [3.05, 3.63) is 46.1 Å². The maximum atomic E-state index is 6.17. The summed E-state index contributed by atoms with van der Waals surface area (Å²) in [4.78, 5) is 0. The summed E-state index contributed by atoms with van der Waals surface area (Å²) >= 11 is 3.73. The van der Waals surface area contributed by atoms with Gasteiger partial charge in [-0.1, -0.05) is 38.1 Å². The Kier molecular flexibility index (Phi) is 4.05. The monoisotopic (exact) mass is 345 g/mol. The topological polar surface area (TPSA) is 25.2 Å². The predicted molar refractivity (Wildman–Crippen MR) is 92.7 cm³/mol. The first-order chi connectivity index (χ1) is 10.1. The lowest BCUT2D eigenvalue weighted by molar-refractivity contribution is 0.515. The van der Waals surface area contributed by atoms with E-state index in [-0.39, 0.29) is 0 Å². The smallest absolute Gasteiger partial charge is 0.149 e. The van der Waals surface area contributed by atoms with E-state index in [4.69, 9.17) is 4.42 Å². The highest BCUT2D eigenvalue weighted by Crippen LogP contribution is 2.38. The normalized spacial score (nSPS) is 11.9. The van der Waals surface area contributed by atoms with Crippen LogP contribution in [0, 0.1) is 5.92 Å². The lowest BCUT2D eigenvalue weighted by atomic mass is 9.98. The van der Waals surface area contributed by atoms with Gasteiger partial charge in [0.1, 0.15) is 11.3 Å². The summed E-state index contributed by atoms with van der Waals surface area (Å²) < 4.78 is 7.23. The predicted octanol–water partition coefficient (Wildman–Crippen LogP) is 5.27. The van der Waals surface area contributed by atoms with Crippen molar-refractivity contribution >= 4 is 37.7 Å². The van der Waals surface area contributed by atoms with E-state index in [9.17, 15) is 0 Å². The van der Waals surface area contributed by atoms with E-state index in [1.54, 1.807) is 0 Å². The lowest BCUT2D eigenvalue weighted by Gasteiger charge is -2.06. The van der Waals surface area contributed by atoms with Crippen molar-refractivity contribution in [2.45, 2.75) is 26.8 Å². The second-order valence-corrected chi connectivity index (χ2v) is 6.71. The highest BCUT2D eigenvalue weighted by molar-refractivity contribution is 9.10. The maximum absolute atomic E-state index is 6.17. The number of furan rings is 1. The zero-order valence-electron chi connectivity index (χ0n) is 12.7. The Morgan fingerprint density at radius 1 is 1.19 bits per heavy atom. The fourth-order valence-electron chi connectivity index (χ4n) is 2.88. The van der Waals surface area contributed by atoms with Crippen molar-refractivity contribution in [1.29, 1.82) is 0 Å². The zero-order valence-corrected chi connectivity index (χ0v) is 14.3. The second kappa shape index (κ2) is 5.82. The average Bonchev–Trinajstić information content (AvgIpc) is 2.78. The number of fused-ring (bicyclic) bond motifs is 2. The van der Waals surface area contributed by atoms with Gasteiger partial charge in [0.05, 0.1) is 11.0 Å². The first-order valence-corrected chi connectivity index (χ1v) is 8.17. The Balaban J connectivity index is 2.33. The highest BCUT2D eigenvalue weighted by Gasteiger charge is 2.18. The van der Waals surface area contributed by atoms with Crippen LogP contribution in [0.15, 0.2) is 39.2 Å². The van der Waals surface area contributed by atoms with Gasteiger partial charge < -0.3 is 9.73 Å². The summed E-state index contributed by atoms with van der Waals surface area (Å²) in [6.07, 6.45) is 1.04. The molecule has 0 saturated carbocycles. The summed E-state index contributed by atoms with van der Waals surface area (Å²) in [6, 6.07) is 10.7. The number of hydrogen-bond donors (Lipinski definition) is 1. The number of rotatable bonds is 4. The average molecular weight is 346 g/mol. The van der Waals surface area contributed by atoms with E-state index in [2.05, 4.69) is 65.4 Å². The van der Waals surface area contributed by atoms with Gasteiger partial charge in [-0.05, 0) is 52.2 Å². The van der Waals surface area contributed by atoms with Gasteiger partial charge in [-0.25, -0.2) is 0 Å². The lowest BCUT2D eigenvalue weighted by Crippen LogP contribution is -2.07. The molecule has 0 saturated heterocycles. The number of hydrogen-bond acceptors (Lipinski definition) is 2. The molecule has 1 heterocycles. The van der Waals surface area contributed by atoms with E-state index in [0.717, 1.165) is 28.8 Å². The summed E-state index contributed by atoms with van der Waals surface area (Å²) in [5.41, 5.74) is 2.30. The fraction of sp³-hybridized carbons (Fsp3) is 0.333. The van der Waals surface area contributed by atoms with Gasteiger partial charge in [-0.3, -0.25) is 0 Å². The first kappa shape index (κ1) is 14.6. The summed E-state index contributed by atoms with van der Waals surface area (Å²) in [6.45, 7) is 5.26. The van der Waals surface area contributed by atoms with E-state index < -0.39 is 0 Å². The third kappa shape index (κ3) is 2.60. The summed E-state index contributed by atoms with van der Waals surface area (Å²) in [5, 5.41) is 6.89. The molecular weight excluding hydrogens is 326 g/mol. The molecule has 0 aliphatic rings. The highest BCUT2D eigenvalue weighted by atomic mass is 79.9. The third-order valence-electron chi connectivity index (χ3n) is 3.78. The minimum Gasteiger partial charge on any atom is -0.458 e. The van der Waals surface area contributed by atoms with E-state index in [1.165, 1.54) is 21.7 Å². The van der Waals surface area contributed by atoms with Gasteiger partial charge in [0.2, 0.25) is 0 Å². The Labute approximate surface area is 133 Å². The van der Waals surface area contributed by atoms with Crippen LogP contribution in [0.25, 0.3) is 21.7 Å². The molecule has 0 amide bonds. The molecular formula is C18H20BrNO. The van der Waals surface area contributed by atoms with Crippen molar-refractivity contribution in [2.24, 2.45) is 5.92 Å². The van der Waals surface area contributed by atoms with Gasteiger partial charge >= 0.3 is 0 Å². The number of nitrogens with one attached hydrogen (secondary N) is 1. The van der Waals surface area contributed by atoms with Crippen LogP contribution in [0.2, 0.25) is 0 Å². The molecule has 2 aromatic carbocycles. The molecule has 21 heavy (non-hydrogen) atoms. The summed E-state index contributed by atoms with van der Waals surface area (Å²) in [5.74, 6) is 1.66. The van der Waals surface area contributed by atoms with Crippen LogP contribution in [0.1, 0.15) is 25.2 Å². The zero-order chi connectivity index (χ0) is 15.0. The number of halogens is 1. The van der Waals surface area contributed by atoms with Crippen molar-refractivity contribution < 1.29 is 4.42 Å². The molecule has 0 unspecified atom stereocenters. The number of benzene rings is 2. The molecule has 0 bridgehead atoms. The molecule has 1 N–H and O–H groups in total. The molecule has 3 rings (SSSR count). The molecule has 2 nitrogen and oxygen atoms in total. The fourth-order valence-corrected chi connectivity index (χ4v) is 3.53. The molecule has 3 heteroatoms. The molecule has 0 fully saturated rings. The van der Waals surface area contributed by atoms with Crippen LogP contribution in [-0.4, -0.2) is 7.05 Å². The molecule has 0 spiro atoms. The molecule has 0 radical (unpaired) electrons. The Morgan fingerprint density at radius 2 is 1.95 bits per heavy atom. The molecule has 0 aliphatic heterocycles. The largest absolute Gasteiger partial charge is 0.458 e. The van der Waals surface area contributed by atoms with Crippen molar-refractivity contribution in [3.8, 4) is 0 Å². The molecule has 3 aromatic rings. The first-order valence-electron chi connectivity index (χ1n) is 7.38. The quantitative estimate of drug-likeness (QED) is 0.696. The van der Waals surface area contributed by atoms with Crippen LogP contribution < -0.4 is 5.32 Å². The van der Waals surface area contributed by atoms with Crippen LogP contribution in [0.5, 0.6) is 0 Å². The van der Waals surface area contributed by atoms with Gasteiger partial charge in [0, 0.05) is 10.9 Å². The van der Waals surface area contributed by atoms with Crippen LogP contribution in [-0.2, 0) is 13.0 Å². The summed E-state index contributed by atoms with van der Waals surface area (Å²) in [7, 11) is 1.96. The van der Waals surface area contributed by atoms with Crippen LogP contribution in [0.3, 0.4) is 0 Å². The molecule has 0 atom stereocenters. The molecule has 110 valence electrons. The van der Waals surface area contributed by atoms with Gasteiger partial charge in [-0.15, -0.1) is 0 Å². The van der Waals surface area contributed by atoms with Gasteiger partial charge in [0.15, 0.2) is 0 Å². The minimum absolute atomic E-state index is 0.603. The minimum atomic E-state index is 0.603. The van der Waals surface area contributed by atoms with Crippen molar-refractivity contribution in [1.82, 2.24) is 5.32 Å². The van der Waals surface area contributed by atoms with Gasteiger partial charge in [0.25, 0.3) is 0 Å². The van der Waals surface area contributed by atoms with E-state index in [0.29, 0.717) is 5.92 Å². The molecule has 1 aromatic heterocycles. The SMILES string of the molecule is CNCc1oc2c(Br)c3ccccc3cc2c1CC(C)C. The standard InChI is InChI=1S/C18H20BrNO/c1-11(2)8-14-15-9-12-6-4-5-7-13(12)17(19)18(15)21-16(14)10-20-3/h4-7,9,11,20H,8,10H2,1-3H3. The second-order valence-electron chi connectivity index (χ2n) is 5.92. The molecule has 0 aliphatic carbocycles. The Bertz CT molecular complexity index is 789. The van der Waals surface area contributed by atoms with Crippen molar-refractivity contribution in [2.75, 3.05) is 7.05 Å². The van der Waals surface area contributed by atoms with E-state index >= 15 is 0 Å². The maximum Gasteiger partial charge on any atom is 0.149 e.